The highest BCUT2D eigenvalue weighted by molar-refractivity contribution is 5.01. The Morgan fingerprint density at radius 3 is 2.47 bits per heavy atom. The Labute approximate surface area is 115 Å². The van der Waals surface area contributed by atoms with Crippen molar-refractivity contribution < 1.29 is 14.4 Å². The van der Waals surface area contributed by atoms with Crippen molar-refractivity contribution in [3.8, 4) is 0 Å². The summed E-state index contributed by atoms with van der Waals surface area (Å²) >= 11 is 0. The zero-order chi connectivity index (χ0) is 14.3. The lowest BCUT2D eigenvalue weighted by Crippen LogP contribution is -2.29. The van der Waals surface area contributed by atoms with Crippen molar-refractivity contribution in [2.24, 2.45) is 0 Å². The molecular weight excluding hydrogens is 244 g/mol. The van der Waals surface area contributed by atoms with Crippen LogP contribution in [0, 0.1) is 0 Å². The van der Waals surface area contributed by atoms with Gasteiger partial charge in [-0.1, -0.05) is 32.3 Å². The van der Waals surface area contributed by atoms with E-state index in [1.807, 2.05) is 13.8 Å². The van der Waals surface area contributed by atoms with Gasteiger partial charge in [0.15, 0.2) is 0 Å². The minimum absolute atomic E-state index is 0.413. The van der Waals surface area contributed by atoms with Gasteiger partial charge in [-0.05, 0) is 26.2 Å². The maximum Gasteiger partial charge on any atom is 0.229 e. The molecule has 0 aliphatic rings. The van der Waals surface area contributed by atoms with Crippen molar-refractivity contribution in [3.05, 3.63) is 11.7 Å². The van der Waals surface area contributed by atoms with Crippen LogP contribution in [0.25, 0.3) is 0 Å². The highest BCUT2D eigenvalue weighted by atomic mass is 16.5. The van der Waals surface area contributed by atoms with Crippen LogP contribution < -0.4 is 0 Å². The maximum atomic E-state index is 9.77. The molecule has 1 aromatic heterocycles. The standard InChI is InChI=1S/C14H26N2O3/c1-5-9-11(17)10-12-15-13(16-19-12)14(6-2,7-3)18-8-4/h11,17H,5-10H2,1-4H3. The third-order valence-corrected chi connectivity index (χ3v) is 3.47. The molecule has 0 saturated heterocycles. The monoisotopic (exact) mass is 270 g/mol. The molecule has 1 aromatic rings. The van der Waals surface area contributed by atoms with Gasteiger partial charge >= 0.3 is 0 Å². The molecule has 0 aromatic carbocycles. The lowest BCUT2D eigenvalue weighted by molar-refractivity contribution is -0.0583. The van der Waals surface area contributed by atoms with Crippen molar-refractivity contribution in [1.29, 1.82) is 0 Å². The van der Waals surface area contributed by atoms with Crippen LogP contribution >= 0.6 is 0 Å². The minimum Gasteiger partial charge on any atom is -0.393 e. The highest BCUT2D eigenvalue weighted by Crippen LogP contribution is 2.31. The van der Waals surface area contributed by atoms with Crippen LogP contribution in [0.2, 0.25) is 0 Å². The van der Waals surface area contributed by atoms with Gasteiger partial charge in [0.1, 0.15) is 5.60 Å². The number of nitrogens with zero attached hydrogens (tertiary/aromatic N) is 2. The zero-order valence-corrected chi connectivity index (χ0v) is 12.5. The average molecular weight is 270 g/mol. The van der Waals surface area contributed by atoms with Gasteiger partial charge in [0.2, 0.25) is 11.7 Å². The Balaban J connectivity index is 2.81. The van der Waals surface area contributed by atoms with Crippen LogP contribution in [-0.4, -0.2) is 28.0 Å². The van der Waals surface area contributed by atoms with Crippen molar-refractivity contribution in [3.63, 3.8) is 0 Å². The molecule has 1 unspecified atom stereocenters. The first-order chi connectivity index (χ1) is 9.11. The number of aromatic nitrogens is 2. The summed E-state index contributed by atoms with van der Waals surface area (Å²) in [6.45, 7) is 8.73. The first kappa shape index (κ1) is 16.1. The first-order valence-corrected chi connectivity index (χ1v) is 7.26. The van der Waals surface area contributed by atoms with Crippen molar-refractivity contribution in [1.82, 2.24) is 10.1 Å². The lowest BCUT2D eigenvalue weighted by atomic mass is 9.96. The van der Waals surface area contributed by atoms with Crippen LogP contribution in [0.5, 0.6) is 0 Å². The van der Waals surface area contributed by atoms with Gasteiger partial charge < -0.3 is 14.4 Å². The smallest absolute Gasteiger partial charge is 0.229 e. The third kappa shape index (κ3) is 4.01. The first-order valence-electron chi connectivity index (χ1n) is 7.26. The molecule has 0 radical (unpaired) electrons. The number of aliphatic hydroxyl groups excluding tert-OH is 1. The Morgan fingerprint density at radius 1 is 1.26 bits per heavy atom. The number of ether oxygens (including phenoxy) is 1. The van der Waals surface area contributed by atoms with Crippen LogP contribution in [0.15, 0.2) is 4.52 Å². The summed E-state index contributed by atoms with van der Waals surface area (Å²) in [6.07, 6.45) is 3.28. The topological polar surface area (TPSA) is 68.4 Å². The van der Waals surface area contributed by atoms with E-state index in [0.29, 0.717) is 24.7 Å². The molecule has 0 fully saturated rings. The van der Waals surface area contributed by atoms with E-state index in [4.69, 9.17) is 9.26 Å². The summed E-state index contributed by atoms with van der Waals surface area (Å²) in [5.41, 5.74) is -0.466. The summed E-state index contributed by atoms with van der Waals surface area (Å²) in [7, 11) is 0. The zero-order valence-electron chi connectivity index (χ0n) is 12.5. The largest absolute Gasteiger partial charge is 0.393 e. The Morgan fingerprint density at radius 2 is 1.95 bits per heavy atom. The Hall–Kier alpha value is -0.940. The molecule has 1 rings (SSSR count). The third-order valence-electron chi connectivity index (χ3n) is 3.47. The van der Waals surface area contributed by atoms with Gasteiger partial charge in [-0.2, -0.15) is 4.98 Å². The quantitative estimate of drug-likeness (QED) is 0.747. The molecule has 0 spiro atoms. The van der Waals surface area contributed by atoms with E-state index < -0.39 is 11.7 Å². The molecular formula is C14H26N2O3. The average Bonchev–Trinajstić information content (AvgIpc) is 2.85. The van der Waals surface area contributed by atoms with E-state index in [9.17, 15) is 5.11 Å². The fourth-order valence-electron chi connectivity index (χ4n) is 2.27. The predicted octanol–water partition coefficient (Wildman–Crippen LogP) is 2.82. The van der Waals surface area contributed by atoms with E-state index in [2.05, 4.69) is 24.0 Å². The van der Waals surface area contributed by atoms with Gasteiger partial charge in [0.05, 0.1) is 12.5 Å². The van der Waals surface area contributed by atoms with Gasteiger partial charge in [0, 0.05) is 6.61 Å². The minimum atomic E-state index is -0.466. The van der Waals surface area contributed by atoms with Crippen molar-refractivity contribution in [2.45, 2.75) is 71.5 Å². The second-order valence-electron chi connectivity index (χ2n) is 4.79. The number of hydrogen-bond donors (Lipinski definition) is 1. The number of aliphatic hydroxyl groups is 1. The van der Waals surface area contributed by atoms with Crippen molar-refractivity contribution >= 4 is 0 Å². The van der Waals surface area contributed by atoms with E-state index >= 15 is 0 Å². The van der Waals surface area contributed by atoms with E-state index in [1.165, 1.54) is 0 Å². The summed E-state index contributed by atoms with van der Waals surface area (Å²) in [6, 6.07) is 0. The molecule has 1 heterocycles. The van der Waals surface area contributed by atoms with Gasteiger partial charge in [-0.25, -0.2) is 0 Å². The molecule has 0 saturated carbocycles. The normalized spacial score (nSPS) is 13.7. The summed E-state index contributed by atoms with van der Waals surface area (Å²) < 4.78 is 11.1. The SMILES string of the molecule is CCCC(O)Cc1nc(C(CC)(CC)OCC)no1. The van der Waals surface area contributed by atoms with Gasteiger partial charge in [-0.15, -0.1) is 0 Å². The van der Waals surface area contributed by atoms with E-state index in [-0.39, 0.29) is 0 Å². The molecule has 0 amide bonds. The molecule has 0 bridgehead atoms. The Kier molecular flexibility index (Phi) is 6.45. The van der Waals surface area contributed by atoms with Crippen LogP contribution in [0.1, 0.15) is 65.1 Å². The number of hydrogen-bond acceptors (Lipinski definition) is 5. The highest BCUT2D eigenvalue weighted by Gasteiger charge is 2.34. The van der Waals surface area contributed by atoms with Crippen LogP contribution in [0.4, 0.5) is 0 Å². The van der Waals surface area contributed by atoms with Gasteiger partial charge in [0.25, 0.3) is 0 Å². The van der Waals surface area contributed by atoms with Crippen LogP contribution in [0.3, 0.4) is 0 Å². The predicted molar refractivity (Wildman–Crippen MR) is 72.8 cm³/mol. The van der Waals surface area contributed by atoms with Crippen LogP contribution in [-0.2, 0) is 16.8 Å². The summed E-state index contributed by atoms with van der Waals surface area (Å²) in [4.78, 5) is 4.40. The summed E-state index contributed by atoms with van der Waals surface area (Å²) in [5.74, 6) is 1.08. The molecule has 1 N–H and O–H groups in total. The molecule has 19 heavy (non-hydrogen) atoms. The molecule has 5 heteroatoms. The van der Waals surface area contributed by atoms with Crippen molar-refractivity contribution in [2.75, 3.05) is 6.61 Å². The lowest BCUT2D eigenvalue weighted by Gasteiger charge is -2.27. The molecule has 0 aliphatic heterocycles. The maximum absolute atomic E-state index is 9.77. The molecule has 0 aliphatic carbocycles. The molecule has 5 nitrogen and oxygen atoms in total. The van der Waals surface area contributed by atoms with Gasteiger partial charge in [-0.3, -0.25) is 0 Å². The second-order valence-corrected chi connectivity index (χ2v) is 4.79. The Bertz CT molecular complexity index is 361. The molecule has 110 valence electrons. The van der Waals surface area contributed by atoms with E-state index in [0.717, 1.165) is 25.7 Å². The fraction of sp³-hybridized carbons (Fsp3) is 0.857. The summed E-state index contributed by atoms with van der Waals surface area (Å²) in [5, 5.41) is 13.8. The fourth-order valence-corrected chi connectivity index (χ4v) is 2.27. The van der Waals surface area contributed by atoms with E-state index in [1.54, 1.807) is 0 Å². The second kappa shape index (κ2) is 7.60. The molecule has 1 atom stereocenters. The number of rotatable bonds is 9.